The fourth-order valence-electron chi connectivity index (χ4n) is 2.21. The second kappa shape index (κ2) is 7.39. The average Bonchev–Trinajstić information content (AvgIpc) is 2.53. The zero-order chi connectivity index (χ0) is 18.6. The zero-order valence-electron chi connectivity index (χ0n) is 13.2. The summed E-state index contributed by atoms with van der Waals surface area (Å²) in [5.41, 5.74) is 5.18. The Morgan fingerprint density at radius 1 is 1.28 bits per heavy atom. The number of carbonyl (C=O) groups excluding carboxylic acids is 2. The lowest BCUT2D eigenvalue weighted by Gasteiger charge is -2.19. The average molecular weight is 346 g/mol. The molecule has 0 saturated carbocycles. The number of rotatable bonds is 6. The van der Waals surface area contributed by atoms with E-state index in [9.17, 15) is 24.1 Å². The lowest BCUT2D eigenvalue weighted by atomic mass is 10.1. The van der Waals surface area contributed by atoms with Crippen molar-refractivity contribution < 1.29 is 18.9 Å². The molecule has 130 valence electrons. The molecular formula is C16H15FN4O4. The molecule has 0 heterocycles. The third kappa shape index (κ3) is 4.50. The quantitative estimate of drug-likeness (QED) is 0.612. The summed E-state index contributed by atoms with van der Waals surface area (Å²) in [5, 5.41) is 13.7. The molecule has 8 nitrogen and oxygen atoms in total. The van der Waals surface area contributed by atoms with Crippen molar-refractivity contribution in [1.82, 2.24) is 0 Å². The van der Waals surface area contributed by atoms with Gasteiger partial charge >= 0.3 is 0 Å². The molecule has 0 aliphatic carbocycles. The van der Waals surface area contributed by atoms with Crippen LogP contribution in [0.4, 0.5) is 21.5 Å². The first-order valence-electron chi connectivity index (χ1n) is 7.12. The molecule has 0 aromatic heterocycles. The van der Waals surface area contributed by atoms with Gasteiger partial charge in [0.15, 0.2) is 0 Å². The normalized spacial score (nSPS) is 10.2. The highest BCUT2D eigenvalue weighted by Gasteiger charge is 2.20. The van der Waals surface area contributed by atoms with Crippen molar-refractivity contribution in [2.45, 2.75) is 0 Å². The number of nitrogens with two attached hydrogens (primary N) is 1. The van der Waals surface area contributed by atoms with Crippen LogP contribution in [0.15, 0.2) is 42.5 Å². The van der Waals surface area contributed by atoms with Crippen molar-refractivity contribution in [3.05, 3.63) is 64.0 Å². The molecule has 2 aromatic rings. The molecule has 0 radical (unpaired) electrons. The summed E-state index contributed by atoms with van der Waals surface area (Å²) in [7, 11) is 1.48. The fourth-order valence-corrected chi connectivity index (χ4v) is 2.21. The molecule has 3 N–H and O–H groups in total. The van der Waals surface area contributed by atoms with Crippen LogP contribution in [0.1, 0.15) is 10.4 Å². The summed E-state index contributed by atoms with van der Waals surface area (Å²) in [6.07, 6.45) is 0. The van der Waals surface area contributed by atoms with E-state index in [4.69, 9.17) is 5.73 Å². The summed E-state index contributed by atoms with van der Waals surface area (Å²) in [6.45, 7) is -0.215. The molecule has 25 heavy (non-hydrogen) atoms. The van der Waals surface area contributed by atoms with Crippen LogP contribution < -0.4 is 16.0 Å². The number of nitro groups is 1. The second-order valence-corrected chi connectivity index (χ2v) is 5.24. The summed E-state index contributed by atoms with van der Waals surface area (Å²) >= 11 is 0. The van der Waals surface area contributed by atoms with E-state index in [2.05, 4.69) is 5.32 Å². The van der Waals surface area contributed by atoms with Gasteiger partial charge in [-0.3, -0.25) is 19.7 Å². The number of nitro benzene ring substituents is 1. The second-order valence-electron chi connectivity index (χ2n) is 5.24. The van der Waals surface area contributed by atoms with Crippen molar-refractivity contribution in [1.29, 1.82) is 0 Å². The number of hydrogen-bond donors (Lipinski definition) is 2. The highest BCUT2D eigenvalue weighted by Crippen LogP contribution is 2.28. The lowest BCUT2D eigenvalue weighted by molar-refractivity contribution is -0.384. The molecular weight excluding hydrogens is 331 g/mol. The van der Waals surface area contributed by atoms with Gasteiger partial charge in [0.25, 0.3) is 5.69 Å². The Bertz CT molecular complexity index is 841. The van der Waals surface area contributed by atoms with Gasteiger partial charge in [-0.05, 0) is 30.3 Å². The van der Waals surface area contributed by atoms with Crippen LogP contribution in [-0.2, 0) is 4.79 Å². The number of likely N-dealkylation sites (N-methyl/N-ethyl adjacent to an activating group) is 1. The topological polar surface area (TPSA) is 119 Å². The first kappa shape index (κ1) is 17.9. The third-order valence-corrected chi connectivity index (χ3v) is 3.36. The molecule has 0 bridgehead atoms. The SMILES string of the molecule is CN(CC(=O)Nc1cccc(F)c1)c1ccc(C(N)=O)cc1[N+](=O)[O-]. The van der Waals surface area contributed by atoms with E-state index in [-0.39, 0.29) is 29.2 Å². The fraction of sp³-hybridized carbons (Fsp3) is 0.125. The molecule has 2 aromatic carbocycles. The van der Waals surface area contributed by atoms with Crippen LogP contribution in [0.5, 0.6) is 0 Å². The first-order chi connectivity index (χ1) is 11.8. The van der Waals surface area contributed by atoms with Gasteiger partial charge in [-0.25, -0.2) is 4.39 Å². The van der Waals surface area contributed by atoms with Gasteiger partial charge in [0, 0.05) is 24.4 Å². The largest absolute Gasteiger partial charge is 0.366 e. The number of anilines is 2. The molecule has 2 rings (SSSR count). The van der Waals surface area contributed by atoms with E-state index in [0.717, 1.165) is 12.1 Å². The van der Waals surface area contributed by atoms with Gasteiger partial charge < -0.3 is 16.0 Å². The molecule has 0 spiro atoms. The standard InChI is InChI=1S/C16H15FN4O4/c1-20(9-15(22)19-12-4-2-3-11(17)8-12)13-6-5-10(16(18)23)7-14(13)21(24)25/h2-8H,9H2,1H3,(H2,18,23)(H,19,22). The lowest BCUT2D eigenvalue weighted by Crippen LogP contribution is -2.30. The number of hydrogen-bond acceptors (Lipinski definition) is 5. The molecule has 0 saturated heterocycles. The summed E-state index contributed by atoms with van der Waals surface area (Å²) in [5.74, 6) is -1.77. The van der Waals surface area contributed by atoms with E-state index in [0.29, 0.717) is 0 Å². The van der Waals surface area contributed by atoms with Crippen molar-refractivity contribution >= 4 is 28.9 Å². The van der Waals surface area contributed by atoms with Gasteiger partial charge in [0.1, 0.15) is 11.5 Å². The Labute approximate surface area is 142 Å². The number of halogens is 1. The maximum Gasteiger partial charge on any atom is 0.293 e. The summed E-state index contributed by atoms with van der Waals surface area (Å²) in [6, 6.07) is 9.10. The Balaban J connectivity index is 2.17. The third-order valence-electron chi connectivity index (χ3n) is 3.36. The number of nitrogens with zero attached hydrogens (tertiary/aromatic N) is 2. The van der Waals surface area contributed by atoms with Crippen LogP contribution in [-0.4, -0.2) is 30.3 Å². The number of benzene rings is 2. The highest BCUT2D eigenvalue weighted by molar-refractivity contribution is 5.96. The van der Waals surface area contributed by atoms with Crippen LogP contribution >= 0.6 is 0 Å². The van der Waals surface area contributed by atoms with Crippen LogP contribution in [0, 0.1) is 15.9 Å². The molecule has 9 heteroatoms. The van der Waals surface area contributed by atoms with E-state index in [1.807, 2.05) is 0 Å². The predicted octanol–water partition coefficient (Wildman–Crippen LogP) is 1.91. The Hall–Kier alpha value is -3.49. The Morgan fingerprint density at radius 3 is 2.60 bits per heavy atom. The number of amides is 2. The molecule has 0 fully saturated rings. The maximum absolute atomic E-state index is 13.1. The Kier molecular flexibility index (Phi) is 5.28. The highest BCUT2D eigenvalue weighted by atomic mass is 19.1. The van der Waals surface area contributed by atoms with Crippen molar-refractivity contribution in [2.24, 2.45) is 5.73 Å². The van der Waals surface area contributed by atoms with E-state index >= 15 is 0 Å². The van der Waals surface area contributed by atoms with E-state index in [1.54, 1.807) is 0 Å². The summed E-state index contributed by atoms with van der Waals surface area (Å²) in [4.78, 5) is 35.1. The van der Waals surface area contributed by atoms with Gasteiger partial charge in [0.05, 0.1) is 11.5 Å². The van der Waals surface area contributed by atoms with Crippen molar-refractivity contribution in [3.63, 3.8) is 0 Å². The molecule has 0 aliphatic heterocycles. The molecule has 0 aliphatic rings. The van der Waals surface area contributed by atoms with Crippen molar-refractivity contribution in [2.75, 3.05) is 23.8 Å². The van der Waals surface area contributed by atoms with Crippen LogP contribution in [0.3, 0.4) is 0 Å². The number of nitrogens with one attached hydrogen (secondary N) is 1. The first-order valence-corrected chi connectivity index (χ1v) is 7.12. The van der Waals surface area contributed by atoms with Gasteiger partial charge in [0.2, 0.25) is 11.8 Å². The number of primary amides is 1. The van der Waals surface area contributed by atoms with Gasteiger partial charge in [-0.15, -0.1) is 0 Å². The number of carbonyl (C=O) groups is 2. The Morgan fingerprint density at radius 2 is 2.00 bits per heavy atom. The van der Waals surface area contributed by atoms with Gasteiger partial charge in [-0.2, -0.15) is 0 Å². The molecule has 2 amide bonds. The minimum Gasteiger partial charge on any atom is -0.366 e. The smallest absolute Gasteiger partial charge is 0.293 e. The molecule has 0 unspecified atom stereocenters. The van der Waals surface area contributed by atoms with Crippen molar-refractivity contribution in [3.8, 4) is 0 Å². The summed E-state index contributed by atoms with van der Waals surface area (Å²) < 4.78 is 13.1. The molecule has 0 atom stereocenters. The zero-order valence-corrected chi connectivity index (χ0v) is 13.2. The van der Waals surface area contributed by atoms with Crippen LogP contribution in [0.2, 0.25) is 0 Å². The van der Waals surface area contributed by atoms with E-state index < -0.39 is 22.6 Å². The maximum atomic E-state index is 13.1. The van der Waals surface area contributed by atoms with E-state index in [1.165, 1.54) is 42.3 Å². The van der Waals surface area contributed by atoms with Gasteiger partial charge in [-0.1, -0.05) is 6.07 Å². The van der Waals surface area contributed by atoms with Crippen LogP contribution in [0.25, 0.3) is 0 Å². The minimum atomic E-state index is -0.791. The predicted molar refractivity (Wildman–Crippen MR) is 89.9 cm³/mol. The minimum absolute atomic E-state index is 0.00642. The monoisotopic (exact) mass is 346 g/mol.